The van der Waals surface area contributed by atoms with Crippen LogP contribution in [0.3, 0.4) is 0 Å². The molecule has 2 aliphatic heterocycles. The molecule has 1 aromatic carbocycles. The summed E-state index contributed by atoms with van der Waals surface area (Å²) >= 11 is 1.58. The van der Waals surface area contributed by atoms with Crippen LogP contribution in [0.15, 0.2) is 40.9 Å². The van der Waals surface area contributed by atoms with Gasteiger partial charge in [-0.3, -0.25) is 9.59 Å². The topological polar surface area (TPSA) is 102 Å². The quantitative estimate of drug-likeness (QED) is 0.749. The minimum absolute atomic E-state index is 0.0732. The molecule has 2 saturated heterocycles. The zero-order valence-electron chi connectivity index (χ0n) is 16.1. The third kappa shape index (κ3) is 3.50. The number of fused-ring (bicyclic) bond motifs is 1. The van der Waals surface area contributed by atoms with Crippen molar-refractivity contribution in [3.05, 3.63) is 47.7 Å². The Morgan fingerprint density at radius 2 is 2.14 bits per heavy atom. The highest BCUT2D eigenvalue weighted by molar-refractivity contribution is 8.00. The molecule has 0 aliphatic carbocycles. The van der Waals surface area contributed by atoms with E-state index in [1.54, 1.807) is 29.7 Å². The molecule has 0 unspecified atom stereocenters. The number of benzene rings is 1. The Hall–Kier alpha value is -2.81. The number of aryl methyl sites for hydroxylation is 1. The number of thioether (sulfide) groups is 1. The Bertz CT molecular complexity index is 947. The predicted molar refractivity (Wildman–Crippen MR) is 106 cm³/mol. The third-order valence-electron chi connectivity index (χ3n) is 5.17. The molecule has 29 heavy (non-hydrogen) atoms. The summed E-state index contributed by atoms with van der Waals surface area (Å²) < 4.78 is 10.3. The molecule has 0 spiro atoms. The van der Waals surface area contributed by atoms with Crippen molar-refractivity contribution < 1.29 is 23.6 Å². The van der Waals surface area contributed by atoms with Gasteiger partial charge in [0.05, 0.1) is 0 Å². The first-order chi connectivity index (χ1) is 13.9. The molecule has 152 valence electrons. The number of hydrogen-bond donors (Lipinski definition) is 1. The first-order valence-corrected chi connectivity index (χ1v) is 10.4. The van der Waals surface area contributed by atoms with Crippen molar-refractivity contribution in [1.82, 2.24) is 10.1 Å². The molecule has 1 N–H and O–H groups in total. The summed E-state index contributed by atoms with van der Waals surface area (Å²) in [6, 6.07) is 10.6. The molecular weight excluding hydrogens is 394 g/mol. The van der Waals surface area contributed by atoms with Gasteiger partial charge in [0.2, 0.25) is 5.91 Å². The van der Waals surface area contributed by atoms with Crippen LogP contribution < -0.4 is 5.32 Å². The smallest absolute Gasteiger partial charge is 0.330 e. The number of anilines is 1. The maximum absolute atomic E-state index is 12.8. The van der Waals surface area contributed by atoms with Crippen molar-refractivity contribution in [3.63, 3.8) is 0 Å². The number of amides is 2. The first kappa shape index (κ1) is 19.5. The molecule has 2 amide bonds. The molecule has 3 heterocycles. The largest absolute Gasteiger partial charge is 0.451 e. The van der Waals surface area contributed by atoms with Crippen molar-refractivity contribution in [3.8, 4) is 0 Å². The van der Waals surface area contributed by atoms with Gasteiger partial charge in [-0.25, -0.2) is 4.79 Å². The normalized spacial score (nSPS) is 24.3. The van der Waals surface area contributed by atoms with Crippen LogP contribution in [-0.2, 0) is 24.0 Å². The molecule has 0 bridgehead atoms. The summed E-state index contributed by atoms with van der Waals surface area (Å²) in [6.45, 7) is 3.19. The third-order valence-corrected chi connectivity index (χ3v) is 6.76. The Morgan fingerprint density at radius 3 is 2.83 bits per heavy atom. The van der Waals surface area contributed by atoms with E-state index < -0.39 is 28.9 Å². The second kappa shape index (κ2) is 7.55. The van der Waals surface area contributed by atoms with Crippen molar-refractivity contribution in [2.75, 3.05) is 11.1 Å². The van der Waals surface area contributed by atoms with Crippen LogP contribution in [0.1, 0.15) is 31.1 Å². The molecule has 2 aromatic rings. The van der Waals surface area contributed by atoms with E-state index in [-0.39, 0.29) is 11.7 Å². The second-order valence-electron chi connectivity index (χ2n) is 7.13. The average Bonchev–Trinajstić information content (AvgIpc) is 3.39. The van der Waals surface area contributed by atoms with Crippen LogP contribution >= 0.6 is 11.8 Å². The summed E-state index contributed by atoms with van der Waals surface area (Å²) in [7, 11) is 0. The highest BCUT2D eigenvalue weighted by Crippen LogP contribution is 2.54. The van der Waals surface area contributed by atoms with Gasteiger partial charge in [-0.1, -0.05) is 35.5 Å². The highest BCUT2D eigenvalue weighted by atomic mass is 32.2. The Morgan fingerprint density at radius 1 is 1.38 bits per heavy atom. The lowest BCUT2D eigenvalue weighted by Gasteiger charge is -2.33. The Kier molecular flexibility index (Phi) is 5.08. The lowest BCUT2D eigenvalue weighted by atomic mass is 10.0. The van der Waals surface area contributed by atoms with E-state index in [1.807, 2.05) is 30.3 Å². The van der Waals surface area contributed by atoms with Crippen molar-refractivity contribution in [2.45, 2.75) is 43.7 Å². The minimum Gasteiger partial charge on any atom is -0.451 e. The Balaban J connectivity index is 1.46. The first-order valence-electron chi connectivity index (χ1n) is 9.37. The number of hydrogen-bond acceptors (Lipinski definition) is 7. The van der Waals surface area contributed by atoms with Crippen LogP contribution in [0.2, 0.25) is 0 Å². The number of aromatic nitrogens is 1. The van der Waals surface area contributed by atoms with Gasteiger partial charge in [0.15, 0.2) is 11.9 Å². The van der Waals surface area contributed by atoms with E-state index >= 15 is 0 Å². The van der Waals surface area contributed by atoms with Crippen LogP contribution in [0.4, 0.5) is 5.82 Å². The van der Waals surface area contributed by atoms with Crippen molar-refractivity contribution in [2.24, 2.45) is 0 Å². The highest BCUT2D eigenvalue weighted by Gasteiger charge is 2.57. The van der Waals surface area contributed by atoms with Gasteiger partial charge in [0.1, 0.15) is 16.7 Å². The standard InChI is InChI=1S/C20H21N3O5S/c1-12-10-16(22-28-12)21-18(25)13(2)27-19(26)15-11-29-20(9-8-17(24)23(15)20)14-6-4-3-5-7-14/h3-7,10,13,15H,8-9,11H2,1-2H3,(H,21,22,25)/t13-,15-,20+/m0/s1. The molecule has 0 saturated carbocycles. The van der Waals surface area contributed by atoms with E-state index in [2.05, 4.69) is 10.5 Å². The zero-order chi connectivity index (χ0) is 20.6. The minimum atomic E-state index is -1.03. The fraction of sp³-hybridized carbons (Fsp3) is 0.400. The number of rotatable bonds is 5. The summed E-state index contributed by atoms with van der Waals surface area (Å²) in [5, 5.41) is 6.23. The summed E-state index contributed by atoms with van der Waals surface area (Å²) in [6.07, 6.45) is -0.00654. The predicted octanol–water partition coefficient (Wildman–Crippen LogP) is 2.44. The van der Waals surface area contributed by atoms with Gasteiger partial charge >= 0.3 is 5.97 Å². The molecule has 8 nitrogen and oxygen atoms in total. The van der Waals surface area contributed by atoms with E-state index in [1.165, 1.54) is 6.92 Å². The number of ether oxygens (including phenoxy) is 1. The maximum Gasteiger partial charge on any atom is 0.330 e. The molecule has 1 aromatic heterocycles. The van der Waals surface area contributed by atoms with E-state index in [9.17, 15) is 14.4 Å². The second-order valence-corrected chi connectivity index (χ2v) is 8.43. The summed E-state index contributed by atoms with van der Waals surface area (Å²) in [5.41, 5.74) is 0.998. The number of esters is 1. The van der Waals surface area contributed by atoms with Crippen molar-refractivity contribution in [1.29, 1.82) is 0 Å². The van der Waals surface area contributed by atoms with Gasteiger partial charge in [-0.15, -0.1) is 11.8 Å². The number of nitrogens with zero attached hydrogens (tertiary/aromatic N) is 2. The average molecular weight is 415 g/mol. The van der Waals surface area contributed by atoms with Crippen LogP contribution in [-0.4, -0.2) is 45.7 Å². The molecule has 4 rings (SSSR count). The molecule has 3 atom stereocenters. The SMILES string of the molecule is Cc1cc(NC(=O)[C@H](C)OC(=O)[C@@H]2CS[C@@]3(c4ccccc4)CCC(=O)N23)no1. The maximum atomic E-state index is 12.8. The molecule has 2 fully saturated rings. The van der Waals surface area contributed by atoms with Gasteiger partial charge in [-0.05, 0) is 25.8 Å². The van der Waals surface area contributed by atoms with Crippen LogP contribution in [0.5, 0.6) is 0 Å². The molecule has 0 radical (unpaired) electrons. The van der Waals surface area contributed by atoms with E-state index in [0.717, 1.165) is 5.56 Å². The van der Waals surface area contributed by atoms with Crippen LogP contribution in [0.25, 0.3) is 0 Å². The number of carbonyl (C=O) groups is 3. The van der Waals surface area contributed by atoms with Crippen molar-refractivity contribution >= 4 is 35.4 Å². The lowest BCUT2D eigenvalue weighted by Crippen LogP contribution is -2.48. The zero-order valence-corrected chi connectivity index (χ0v) is 16.9. The van der Waals surface area contributed by atoms with Gasteiger partial charge in [0.25, 0.3) is 5.91 Å². The monoisotopic (exact) mass is 415 g/mol. The van der Waals surface area contributed by atoms with E-state index in [4.69, 9.17) is 9.26 Å². The fourth-order valence-corrected chi connectivity index (χ4v) is 5.41. The van der Waals surface area contributed by atoms with Gasteiger partial charge in [0, 0.05) is 18.2 Å². The fourth-order valence-electron chi connectivity index (χ4n) is 3.78. The van der Waals surface area contributed by atoms with Gasteiger partial charge < -0.3 is 19.5 Å². The molecular formula is C20H21N3O5S. The van der Waals surface area contributed by atoms with Gasteiger partial charge in [-0.2, -0.15) is 0 Å². The van der Waals surface area contributed by atoms with Crippen LogP contribution in [0, 0.1) is 6.92 Å². The molecule has 9 heteroatoms. The summed E-state index contributed by atoms with van der Waals surface area (Å²) in [5.74, 6) is 0.0678. The Labute approximate surface area is 171 Å². The lowest BCUT2D eigenvalue weighted by molar-refractivity contribution is -0.160. The van der Waals surface area contributed by atoms with E-state index in [0.29, 0.717) is 24.4 Å². The summed E-state index contributed by atoms with van der Waals surface area (Å²) in [4.78, 5) is 38.8. The number of nitrogens with one attached hydrogen (secondary N) is 1. The molecule has 2 aliphatic rings. The number of carbonyl (C=O) groups excluding carboxylic acids is 3.